The Morgan fingerprint density at radius 3 is 2.94 bits per heavy atom. The molecule has 0 aliphatic carbocycles. The molecule has 4 nitrogen and oxygen atoms in total. The third kappa shape index (κ3) is 2.42. The van der Waals surface area contributed by atoms with Gasteiger partial charge in [0, 0.05) is 17.9 Å². The maximum atomic E-state index is 11.9. The van der Waals surface area contributed by atoms with Crippen LogP contribution in [0.4, 0.5) is 11.4 Å². The molecule has 1 atom stereocenters. The van der Waals surface area contributed by atoms with Crippen LogP contribution in [0.1, 0.15) is 18.9 Å². The van der Waals surface area contributed by atoms with Crippen LogP contribution in [0.25, 0.3) is 0 Å². The normalized spacial score (nSPS) is 16.1. The summed E-state index contributed by atoms with van der Waals surface area (Å²) in [6, 6.07) is 5.67. The molecule has 17 heavy (non-hydrogen) atoms. The Morgan fingerprint density at radius 2 is 2.24 bits per heavy atom. The van der Waals surface area contributed by atoms with Crippen LogP contribution in [0.2, 0.25) is 0 Å². The molecular weight excluding hydrogens is 214 g/mol. The molecular formula is C13H19N3O. The van der Waals surface area contributed by atoms with E-state index in [4.69, 9.17) is 11.5 Å². The Kier molecular flexibility index (Phi) is 3.33. The molecule has 4 heteroatoms. The number of hydrogen-bond donors (Lipinski definition) is 2. The topological polar surface area (TPSA) is 72.3 Å². The minimum absolute atomic E-state index is 0.162. The van der Waals surface area contributed by atoms with Gasteiger partial charge >= 0.3 is 0 Å². The summed E-state index contributed by atoms with van der Waals surface area (Å²) in [4.78, 5) is 13.7. The first-order valence-electron chi connectivity index (χ1n) is 6.00. The summed E-state index contributed by atoms with van der Waals surface area (Å²) in [5.41, 5.74) is 14.1. The third-order valence-electron chi connectivity index (χ3n) is 3.28. The summed E-state index contributed by atoms with van der Waals surface area (Å²) >= 11 is 0. The lowest BCUT2D eigenvalue weighted by Crippen LogP contribution is -2.29. The van der Waals surface area contributed by atoms with E-state index in [2.05, 4.69) is 6.92 Å². The van der Waals surface area contributed by atoms with Gasteiger partial charge in [-0.3, -0.25) is 4.79 Å². The molecule has 92 valence electrons. The van der Waals surface area contributed by atoms with E-state index in [9.17, 15) is 4.79 Å². The largest absolute Gasteiger partial charge is 0.399 e. The third-order valence-corrected chi connectivity index (χ3v) is 3.28. The summed E-state index contributed by atoms with van der Waals surface area (Å²) in [5.74, 6) is 0.607. The fourth-order valence-electron chi connectivity index (χ4n) is 2.12. The second kappa shape index (κ2) is 4.75. The van der Waals surface area contributed by atoms with Gasteiger partial charge in [0.2, 0.25) is 5.91 Å². The maximum Gasteiger partial charge on any atom is 0.231 e. The van der Waals surface area contributed by atoms with Gasteiger partial charge in [0.25, 0.3) is 0 Å². The van der Waals surface area contributed by atoms with Gasteiger partial charge in [0.05, 0.1) is 6.42 Å². The highest BCUT2D eigenvalue weighted by atomic mass is 16.2. The molecule has 0 saturated carbocycles. The molecule has 0 saturated heterocycles. The minimum Gasteiger partial charge on any atom is -0.399 e. The Balaban J connectivity index is 2.12. The van der Waals surface area contributed by atoms with E-state index in [-0.39, 0.29) is 5.91 Å². The van der Waals surface area contributed by atoms with Crippen molar-refractivity contribution >= 4 is 17.3 Å². The number of benzene rings is 1. The van der Waals surface area contributed by atoms with Crippen molar-refractivity contribution in [2.24, 2.45) is 11.7 Å². The van der Waals surface area contributed by atoms with Gasteiger partial charge in [-0.1, -0.05) is 6.92 Å². The molecule has 0 aromatic heterocycles. The summed E-state index contributed by atoms with van der Waals surface area (Å²) in [6.45, 7) is 3.51. The standard InChI is InChI=1S/C13H19N3O/c1-9(8-14)4-5-16-12-3-2-11(15)6-10(12)7-13(16)17/h2-3,6,9H,4-5,7-8,14-15H2,1H3. The molecule has 1 unspecified atom stereocenters. The molecule has 1 aromatic carbocycles. The fourth-order valence-corrected chi connectivity index (χ4v) is 2.12. The van der Waals surface area contributed by atoms with Crippen molar-refractivity contribution in [1.82, 2.24) is 0 Å². The molecule has 0 spiro atoms. The molecule has 1 heterocycles. The first-order valence-corrected chi connectivity index (χ1v) is 6.00. The van der Waals surface area contributed by atoms with E-state index in [1.54, 1.807) is 0 Å². The highest BCUT2D eigenvalue weighted by molar-refractivity contribution is 6.01. The second-order valence-electron chi connectivity index (χ2n) is 4.74. The highest BCUT2D eigenvalue weighted by Crippen LogP contribution is 2.30. The lowest BCUT2D eigenvalue weighted by Gasteiger charge is -2.19. The molecule has 0 fully saturated rings. The number of anilines is 2. The van der Waals surface area contributed by atoms with Crippen LogP contribution in [0, 0.1) is 5.92 Å². The Labute approximate surface area is 102 Å². The van der Waals surface area contributed by atoms with Crippen LogP contribution in [0.5, 0.6) is 0 Å². The molecule has 0 radical (unpaired) electrons. The van der Waals surface area contributed by atoms with E-state index >= 15 is 0 Å². The smallest absolute Gasteiger partial charge is 0.231 e. The molecule has 1 aliphatic heterocycles. The van der Waals surface area contributed by atoms with Gasteiger partial charge in [-0.15, -0.1) is 0 Å². The van der Waals surface area contributed by atoms with Crippen molar-refractivity contribution in [3.05, 3.63) is 23.8 Å². The van der Waals surface area contributed by atoms with E-state index in [0.29, 0.717) is 24.6 Å². The number of nitrogens with zero attached hydrogens (tertiary/aromatic N) is 1. The van der Waals surface area contributed by atoms with Gasteiger partial charge < -0.3 is 16.4 Å². The van der Waals surface area contributed by atoms with Crippen LogP contribution < -0.4 is 16.4 Å². The molecule has 0 bridgehead atoms. The summed E-state index contributed by atoms with van der Waals surface area (Å²) in [5, 5.41) is 0. The van der Waals surface area contributed by atoms with Crippen LogP contribution >= 0.6 is 0 Å². The molecule has 1 aromatic rings. The van der Waals surface area contributed by atoms with Crippen LogP contribution in [0.15, 0.2) is 18.2 Å². The van der Waals surface area contributed by atoms with E-state index in [1.165, 1.54) is 0 Å². The molecule has 1 amide bonds. The quantitative estimate of drug-likeness (QED) is 0.766. The van der Waals surface area contributed by atoms with Gasteiger partial charge in [-0.05, 0) is 42.6 Å². The monoisotopic (exact) mass is 233 g/mol. The number of amides is 1. The van der Waals surface area contributed by atoms with Gasteiger partial charge in [0.1, 0.15) is 0 Å². The van der Waals surface area contributed by atoms with Crippen LogP contribution in [-0.4, -0.2) is 19.0 Å². The first-order chi connectivity index (χ1) is 8.11. The number of carbonyl (C=O) groups is 1. The number of rotatable bonds is 4. The van der Waals surface area contributed by atoms with Crippen molar-refractivity contribution in [3.8, 4) is 0 Å². The number of nitrogen functional groups attached to an aromatic ring is 1. The van der Waals surface area contributed by atoms with E-state index < -0.39 is 0 Å². The number of nitrogens with two attached hydrogens (primary N) is 2. The van der Waals surface area contributed by atoms with Gasteiger partial charge in [-0.25, -0.2) is 0 Å². The Morgan fingerprint density at radius 1 is 1.47 bits per heavy atom. The summed E-state index contributed by atoms with van der Waals surface area (Å²) in [7, 11) is 0. The van der Waals surface area contributed by atoms with Crippen molar-refractivity contribution in [2.75, 3.05) is 23.7 Å². The second-order valence-corrected chi connectivity index (χ2v) is 4.74. The van der Waals surface area contributed by atoms with Crippen molar-refractivity contribution in [2.45, 2.75) is 19.8 Å². The maximum absolute atomic E-state index is 11.9. The average Bonchev–Trinajstić information content (AvgIpc) is 2.61. The average molecular weight is 233 g/mol. The lowest BCUT2D eigenvalue weighted by molar-refractivity contribution is -0.117. The summed E-state index contributed by atoms with van der Waals surface area (Å²) in [6.07, 6.45) is 1.41. The van der Waals surface area contributed by atoms with Gasteiger partial charge in [-0.2, -0.15) is 0 Å². The molecule has 1 aliphatic rings. The van der Waals surface area contributed by atoms with E-state index in [0.717, 1.165) is 24.2 Å². The SMILES string of the molecule is CC(CN)CCN1C(=O)Cc2cc(N)ccc21. The van der Waals surface area contributed by atoms with Crippen molar-refractivity contribution in [3.63, 3.8) is 0 Å². The van der Waals surface area contributed by atoms with Crippen LogP contribution in [-0.2, 0) is 11.2 Å². The van der Waals surface area contributed by atoms with E-state index in [1.807, 2.05) is 23.1 Å². The zero-order valence-electron chi connectivity index (χ0n) is 10.1. The molecule has 4 N–H and O–H groups in total. The molecule has 2 rings (SSSR count). The zero-order valence-corrected chi connectivity index (χ0v) is 10.1. The summed E-state index contributed by atoms with van der Waals surface area (Å²) < 4.78 is 0. The predicted octanol–water partition coefficient (Wildman–Crippen LogP) is 1.14. The number of hydrogen-bond acceptors (Lipinski definition) is 3. The fraction of sp³-hybridized carbons (Fsp3) is 0.462. The van der Waals surface area contributed by atoms with Crippen LogP contribution in [0.3, 0.4) is 0 Å². The van der Waals surface area contributed by atoms with Crippen molar-refractivity contribution in [1.29, 1.82) is 0 Å². The highest BCUT2D eigenvalue weighted by Gasteiger charge is 2.26. The zero-order chi connectivity index (χ0) is 12.4. The predicted molar refractivity (Wildman–Crippen MR) is 69.7 cm³/mol. The van der Waals surface area contributed by atoms with Gasteiger partial charge in [0.15, 0.2) is 0 Å². The lowest BCUT2D eigenvalue weighted by atomic mass is 10.1. The number of fused-ring (bicyclic) bond motifs is 1. The number of carbonyl (C=O) groups excluding carboxylic acids is 1. The Bertz CT molecular complexity index is 431. The Hall–Kier alpha value is -1.55. The minimum atomic E-state index is 0.162. The first kappa shape index (κ1) is 11.9. The van der Waals surface area contributed by atoms with Crippen molar-refractivity contribution < 1.29 is 4.79 Å².